The first-order chi connectivity index (χ1) is 10.6. The first-order valence-corrected chi connectivity index (χ1v) is 7.34. The third kappa shape index (κ3) is 4.76. The maximum Gasteiger partial charge on any atom is 0.308 e. The smallest absolute Gasteiger partial charge is 0.308 e. The standard InChI is InChI=1S/C17H18ClNO3/c1-12(19-18)11-21-16-7-3-14(4-8-16)15-5-9-17(10-6-15)22-13(2)20/h3-10,12,19H,11H2,1-2H3. The first-order valence-electron chi connectivity index (χ1n) is 6.96. The Balaban J connectivity index is 2.02. The Kier molecular flexibility index (Phi) is 5.81. The van der Waals surface area contributed by atoms with E-state index in [-0.39, 0.29) is 12.0 Å². The molecule has 0 aliphatic heterocycles. The molecule has 0 fully saturated rings. The van der Waals surface area contributed by atoms with Crippen LogP contribution < -0.4 is 14.3 Å². The Morgan fingerprint density at radius 3 is 2.00 bits per heavy atom. The van der Waals surface area contributed by atoms with E-state index in [4.69, 9.17) is 21.3 Å². The molecule has 116 valence electrons. The molecule has 1 unspecified atom stereocenters. The SMILES string of the molecule is CC(=O)Oc1ccc(-c2ccc(OCC(C)NCl)cc2)cc1. The molecule has 0 aliphatic rings. The van der Waals surface area contributed by atoms with Gasteiger partial charge in [-0.3, -0.25) is 4.79 Å². The quantitative estimate of drug-likeness (QED) is 0.500. The van der Waals surface area contributed by atoms with Gasteiger partial charge in [0.15, 0.2) is 0 Å². The lowest BCUT2D eigenvalue weighted by molar-refractivity contribution is -0.131. The maximum absolute atomic E-state index is 10.9. The van der Waals surface area contributed by atoms with Crippen molar-refractivity contribution in [2.75, 3.05) is 6.61 Å². The fraction of sp³-hybridized carbons (Fsp3) is 0.235. The van der Waals surface area contributed by atoms with E-state index in [1.807, 2.05) is 43.3 Å². The summed E-state index contributed by atoms with van der Waals surface area (Å²) in [6.45, 7) is 3.82. The largest absolute Gasteiger partial charge is 0.492 e. The van der Waals surface area contributed by atoms with Crippen LogP contribution >= 0.6 is 11.8 Å². The van der Waals surface area contributed by atoms with E-state index in [0.29, 0.717) is 12.4 Å². The van der Waals surface area contributed by atoms with E-state index >= 15 is 0 Å². The predicted octanol–water partition coefficient (Wildman–Crippen LogP) is 3.79. The van der Waals surface area contributed by atoms with Crippen LogP contribution in [-0.4, -0.2) is 18.6 Å². The Labute approximate surface area is 135 Å². The number of carbonyl (C=O) groups excluding carboxylic acids is 1. The van der Waals surface area contributed by atoms with Gasteiger partial charge in [0.25, 0.3) is 0 Å². The summed E-state index contributed by atoms with van der Waals surface area (Å²) in [4.78, 5) is 13.5. The first kappa shape index (κ1) is 16.3. The number of esters is 1. The zero-order valence-electron chi connectivity index (χ0n) is 12.5. The van der Waals surface area contributed by atoms with E-state index in [1.54, 1.807) is 12.1 Å². The second-order valence-electron chi connectivity index (χ2n) is 4.96. The van der Waals surface area contributed by atoms with Crippen molar-refractivity contribution >= 4 is 17.7 Å². The Hall–Kier alpha value is -2.04. The third-order valence-corrected chi connectivity index (χ3v) is 3.36. The van der Waals surface area contributed by atoms with Crippen LogP contribution in [0.4, 0.5) is 0 Å². The molecule has 0 radical (unpaired) electrons. The fourth-order valence-electron chi connectivity index (χ4n) is 1.88. The second-order valence-corrected chi connectivity index (χ2v) is 5.18. The lowest BCUT2D eigenvalue weighted by Gasteiger charge is -2.11. The summed E-state index contributed by atoms with van der Waals surface area (Å²) in [6.07, 6.45) is 0. The van der Waals surface area contributed by atoms with Crippen LogP contribution in [0, 0.1) is 0 Å². The van der Waals surface area contributed by atoms with Crippen molar-refractivity contribution in [2.45, 2.75) is 19.9 Å². The molecule has 1 N–H and O–H groups in total. The molecule has 0 spiro atoms. The zero-order valence-corrected chi connectivity index (χ0v) is 13.3. The monoisotopic (exact) mass is 319 g/mol. The molecule has 0 amide bonds. The summed E-state index contributed by atoms with van der Waals surface area (Å²) < 4.78 is 10.6. The Morgan fingerprint density at radius 1 is 1.05 bits per heavy atom. The minimum absolute atomic E-state index is 0.0789. The highest BCUT2D eigenvalue weighted by atomic mass is 35.5. The Morgan fingerprint density at radius 2 is 1.55 bits per heavy atom. The highest BCUT2D eigenvalue weighted by Gasteiger charge is 2.03. The van der Waals surface area contributed by atoms with Crippen LogP contribution in [0.15, 0.2) is 48.5 Å². The van der Waals surface area contributed by atoms with Gasteiger partial charge in [0, 0.05) is 6.92 Å². The summed E-state index contributed by atoms with van der Waals surface area (Å²) in [5, 5.41) is 0. The van der Waals surface area contributed by atoms with Gasteiger partial charge in [-0.25, -0.2) is 4.84 Å². The summed E-state index contributed by atoms with van der Waals surface area (Å²) in [7, 11) is 0. The number of carbonyl (C=O) groups is 1. The molecule has 1 atom stereocenters. The van der Waals surface area contributed by atoms with Gasteiger partial charge in [-0.1, -0.05) is 24.3 Å². The molecule has 0 bridgehead atoms. The van der Waals surface area contributed by atoms with E-state index in [9.17, 15) is 4.79 Å². The number of hydrogen-bond donors (Lipinski definition) is 1. The van der Waals surface area contributed by atoms with Crippen molar-refractivity contribution in [1.29, 1.82) is 0 Å². The number of hydrogen-bond acceptors (Lipinski definition) is 4. The van der Waals surface area contributed by atoms with E-state index in [0.717, 1.165) is 16.9 Å². The summed E-state index contributed by atoms with van der Waals surface area (Å²) >= 11 is 5.51. The molecule has 2 aromatic rings. The number of nitrogens with one attached hydrogen (secondary N) is 1. The van der Waals surface area contributed by atoms with Crippen molar-refractivity contribution in [2.24, 2.45) is 0 Å². The van der Waals surface area contributed by atoms with Crippen molar-refractivity contribution in [3.05, 3.63) is 48.5 Å². The third-order valence-electron chi connectivity index (χ3n) is 2.99. The number of benzene rings is 2. The van der Waals surface area contributed by atoms with Crippen LogP contribution in [0.25, 0.3) is 11.1 Å². The topological polar surface area (TPSA) is 47.6 Å². The normalized spacial score (nSPS) is 11.8. The highest BCUT2D eigenvalue weighted by Crippen LogP contribution is 2.24. The zero-order chi connectivity index (χ0) is 15.9. The molecular weight excluding hydrogens is 302 g/mol. The molecule has 2 rings (SSSR count). The molecule has 0 aliphatic carbocycles. The van der Waals surface area contributed by atoms with Crippen LogP contribution in [0.2, 0.25) is 0 Å². The van der Waals surface area contributed by atoms with Gasteiger partial charge in [0.1, 0.15) is 18.1 Å². The van der Waals surface area contributed by atoms with Crippen LogP contribution in [0.1, 0.15) is 13.8 Å². The van der Waals surface area contributed by atoms with Gasteiger partial charge >= 0.3 is 5.97 Å². The second kappa shape index (κ2) is 7.82. The molecule has 5 heteroatoms. The summed E-state index contributed by atoms with van der Waals surface area (Å²) in [5.74, 6) is 1.01. The molecule has 0 saturated heterocycles. The molecule has 0 heterocycles. The van der Waals surface area contributed by atoms with Crippen LogP contribution in [0.5, 0.6) is 11.5 Å². The Bertz CT molecular complexity index is 611. The minimum atomic E-state index is -0.324. The average Bonchev–Trinajstić information content (AvgIpc) is 2.53. The number of ether oxygens (including phenoxy) is 2. The van der Waals surface area contributed by atoms with E-state index in [2.05, 4.69) is 4.84 Å². The number of rotatable bonds is 6. The van der Waals surface area contributed by atoms with E-state index in [1.165, 1.54) is 6.92 Å². The van der Waals surface area contributed by atoms with Crippen LogP contribution in [0.3, 0.4) is 0 Å². The van der Waals surface area contributed by atoms with E-state index < -0.39 is 0 Å². The lowest BCUT2D eigenvalue weighted by Crippen LogP contribution is -2.24. The van der Waals surface area contributed by atoms with Crippen LogP contribution in [-0.2, 0) is 4.79 Å². The fourth-order valence-corrected chi connectivity index (χ4v) is 1.94. The minimum Gasteiger partial charge on any atom is -0.492 e. The average molecular weight is 320 g/mol. The lowest BCUT2D eigenvalue weighted by atomic mass is 10.1. The molecule has 0 aromatic heterocycles. The maximum atomic E-state index is 10.9. The van der Waals surface area contributed by atoms with Gasteiger partial charge in [0.2, 0.25) is 0 Å². The molecule has 2 aromatic carbocycles. The summed E-state index contributed by atoms with van der Waals surface area (Å²) in [5.41, 5.74) is 2.10. The molecule has 0 saturated carbocycles. The van der Waals surface area contributed by atoms with Gasteiger partial charge in [-0.05, 0) is 54.1 Å². The molecule has 4 nitrogen and oxygen atoms in total. The van der Waals surface area contributed by atoms with Gasteiger partial charge in [-0.15, -0.1) is 0 Å². The molecular formula is C17H18ClNO3. The van der Waals surface area contributed by atoms with Crippen molar-refractivity contribution in [3.63, 3.8) is 0 Å². The number of halogens is 1. The van der Waals surface area contributed by atoms with Gasteiger partial charge in [-0.2, -0.15) is 0 Å². The highest BCUT2D eigenvalue weighted by molar-refractivity contribution is 6.13. The van der Waals surface area contributed by atoms with Gasteiger partial charge < -0.3 is 9.47 Å². The van der Waals surface area contributed by atoms with Crippen molar-refractivity contribution in [3.8, 4) is 22.6 Å². The predicted molar refractivity (Wildman–Crippen MR) is 87.1 cm³/mol. The summed E-state index contributed by atoms with van der Waals surface area (Å²) in [6, 6.07) is 15.2. The molecule has 22 heavy (non-hydrogen) atoms. The van der Waals surface area contributed by atoms with Crippen molar-refractivity contribution < 1.29 is 14.3 Å². The van der Waals surface area contributed by atoms with Crippen molar-refractivity contribution in [1.82, 2.24) is 4.84 Å². The van der Waals surface area contributed by atoms with Gasteiger partial charge in [0.05, 0.1) is 6.04 Å².